The first-order valence-electron chi connectivity index (χ1n) is 6.21. The van der Waals surface area contributed by atoms with Gasteiger partial charge in [0.25, 0.3) is 0 Å². The number of hydrogen-bond donors (Lipinski definition) is 1. The minimum Gasteiger partial charge on any atom is -0.406 e. The Morgan fingerprint density at radius 2 is 2.00 bits per heavy atom. The average Bonchev–Trinajstić information content (AvgIpc) is 2.77. The predicted octanol–water partition coefficient (Wildman–Crippen LogP) is 1.69. The van der Waals surface area contributed by atoms with Crippen LogP contribution in [0, 0.1) is 0 Å². The molecule has 1 aromatic rings. The lowest BCUT2D eigenvalue weighted by molar-refractivity contribution is -0.274. The Hall–Kier alpha value is -1.76. The first-order valence-corrected chi connectivity index (χ1v) is 6.21. The maximum absolute atomic E-state index is 12.0. The zero-order valence-electron chi connectivity index (χ0n) is 10.7. The minimum absolute atomic E-state index is 0.0153. The van der Waals surface area contributed by atoms with Gasteiger partial charge in [0.05, 0.1) is 6.42 Å². The molecule has 0 saturated carbocycles. The number of rotatable bonds is 3. The number of amides is 1. The van der Waals surface area contributed by atoms with Crippen molar-refractivity contribution in [1.29, 1.82) is 0 Å². The number of halogens is 3. The highest BCUT2D eigenvalue weighted by Crippen LogP contribution is 2.23. The number of benzene rings is 1. The highest BCUT2D eigenvalue weighted by Gasteiger charge is 2.31. The van der Waals surface area contributed by atoms with Gasteiger partial charge in [0.15, 0.2) is 0 Å². The van der Waals surface area contributed by atoms with E-state index in [1.807, 2.05) is 0 Å². The standard InChI is InChI=1S/C13H15F3N2O2/c14-13(15,16)20-11-3-1-9(2-4-11)7-12(19)18-6-5-10(17)8-18/h1-4,10H,5-8,17H2/t10-/m0/s1. The Labute approximate surface area is 114 Å². The van der Waals surface area contributed by atoms with Crippen LogP contribution in [0.4, 0.5) is 13.2 Å². The molecule has 0 spiro atoms. The normalized spacial score (nSPS) is 19.2. The molecule has 1 aliphatic heterocycles. The molecule has 1 aliphatic rings. The topological polar surface area (TPSA) is 55.6 Å². The van der Waals surface area contributed by atoms with Crippen molar-refractivity contribution in [3.63, 3.8) is 0 Å². The first-order chi connectivity index (χ1) is 9.33. The summed E-state index contributed by atoms with van der Waals surface area (Å²) < 4.78 is 39.8. The number of ether oxygens (including phenoxy) is 1. The van der Waals surface area contributed by atoms with Crippen LogP contribution in [-0.2, 0) is 11.2 Å². The lowest BCUT2D eigenvalue weighted by Gasteiger charge is -2.16. The maximum atomic E-state index is 12.0. The Morgan fingerprint density at radius 3 is 2.50 bits per heavy atom. The number of nitrogens with two attached hydrogens (primary N) is 1. The molecule has 4 nitrogen and oxygen atoms in total. The lowest BCUT2D eigenvalue weighted by atomic mass is 10.1. The third kappa shape index (κ3) is 4.12. The molecule has 1 atom stereocenters. The fraction of sp³-hybridized carbons (Fsp3) is 0.462. The molecule has 1 heterocycles. The molecule has 1 aromatic carbocycles. The van der Waals surface area contributed by atoms with E-state index in [1.165, 1.54) is 24.3 Å². The molecule has 7 heteroatoms. The first kappa shape index (κ1) is 14.6. The van der Waals surface area contributed by atoms with Crippen molar-refractivity contribution < 1.29 is 22.7 Å². The van der Waals surface area contributed by atoms with Crippen molar-refractivity contribution in [2.75, 3.05) is 13.1 Å². The van der Waals surface area contributed by atoms with E-state index in [-0.39, 0.29) is 24.1 Å². The van der Waals surface area contributed by atoms with Crippen LogP contribution in [-0.4, -0.2) is 36.3 Å². The number of likely N-dealkylation sites (tertiary alicyclic amines) is 1. The van der Waals surface area contributed by atoms with Crippen molar-refractivity contribution in [3.05, 3.63) is 29.8 Å². The minimum atomic E-state index is -4.71. The lowest BCUT2D eigenvalue weighted by Crippen LogP contribution is -2.32. The zero-order valence-corrected chi connectivity index (χ0v) is 10.7. The van der Waals surface area contributed by atoms with Gasteiger partial charge in [-0.05, 0) is 24.1 Å². The van der Waals surface area contributed by atoms with E-state index in [4.69, 9.17) is 5.73 Å². The largest absolute Gasteiger partial charge is 0.573 e. The van der Waals surface area contributed by atoms with Gasteiger partial charge in [-0.15, -0.1) is 13.2 Å². The summed E-state index contributed by atoms with van der Waals surface area (Å²) >= 11 is 0. The van der Waals surface area contributed by atoms with Crippen LogP contribution in [0.3, 0.4) is 0 Å². The van der Waals surface area contributed by atoms with Gasteiger partial charge in [-0.1, -0.05) is 12.1 Å². The van der Waals surface area contributed by atoms with Crippen molar-refractivity contribution >= 4 is 5.91 Å². The summed E-state index contributed by atoms with van der Waals surface area (Å²) in [5.41, 5.74) is 6.36. The molecule has 110 valence electrons. The van der Waals surface area contributed by atoms with Crippen molar-refractivity contribution in [3.8, 4) is 5.75 Å². The zero-order chi connectivity index (χ0) is 14.8. The molecular formula is C13H15F3N2O2. The Balaban J connectivity index is 1.92. The highest BCUT2D eigenvalue weighted by molar-refractivity contribution is 5.79. The van der Waals surface area contributed by atoms with Crippen molar-refractivity contribution in [2.45, 2.75) is 25.2 Å². The monoisotopic (exact) mass is 288 g/mol. The van der Waals surface area contributed by atoms with E-state index in [0.29, 0.717) is 18.7 Å². The molecule has 20 heavy (non-hydrogen) atoms. The molecule has 0 radical (unpaired) electrons. The molecule has 0 aromatic heterocycles. The third-order valence-electron chi connectivity index (χ3n) is 3.09. The third-order valence-corrected chi connectivity index (χ3v) is 3.09. The van der Waals surface area contributed by atoms with Crippen LogP contribution in [0.1, 0.15) is 12.0 Å². The van der Waals surface area contributed by atoms with E-state index in [1.54, 1.807) is 4.90 Å². The van der Waals surface area contributed by atoms with Crippen LogP contribution in [0.5, 0.6) is 5.75 Å². The molecule has 0 aliphatic carbocycles. The van der Waals surface area contributed by atoms with Gasteiger partial charge in [-0.2, -0.15) is 0 Å². The van der Waals surface area contributed by atoms with E-state index in [0.717, 1.165) is 6.42 Å². The molecule has 2 rings (SSSR count). The number of hydrogen-bond acceptors (Lipinski definition) is 3. The second kappa shape index (κ2) is 5.70. The summed E-state index contributed by atoms with van der Waals surface area (Å²) in [6, 6.07) is 5.32. The summed E-state index contributed by atoms with van der Waals surface area (Å²) in [5.74, 6) is -0.362. The number of carbonyl (C=O) groups is 1. The Bertz CT molecular complexity index is 473. The van der Waals surface area contributed by atoms with Crippen LogP contribution in [0.25, 0.3) is 0 Å². The summed E-state index contributed by atoms with van der Waals surface area (Å²) in [4.78, 5) is 13.6. The predicted molar refractivity (Wildman–Crippen MR) is 66.0 cm³/mol. The van der Waals surface area contributed by atoms with Gasteiger partial charge in [0.1, 0.15) is 5.75 Å². The fourth-order valence-electron chi connectivity index (χ4n) is 2.11. The van der Waals surface area contributed by atoms with Crippen LogP contribution in [0.2, 0.25) is 0 Å². The molecule has 2 N–H and O–H groups in total. The van der Waals surface area contributed by atoms with Crippen LogP contribution >= 0.6 is 0 Å². The highest BCUT2D eigenvalue weighted by atomic mass is 19.4. The summed E-state index contributed by atoms with van der Waals surface area (Å²) in [7, 11) is 0. The molecule has 1 saturated heterocycles. The van der Waals surface area contributed by atoms with Crippen molar-refractivity contribution in [1.82, 2.24) is 4.90 Å². The van der Waals surface area contributed by atoms with Gasteiger partial charge in [0, 0.05) is 19.1 Å². The second-order valence-corrected chi connectivity index (χ2v) is 4.76. The van der Waals surface area contributed by atoms with E-state index >= 15 is 0 Å². The van der Waals surface area contributed by atoms with E-state index in [9.17, 15) is 18.0 Å². The summed E-state index contributed by atoms with van der Waals surface area (Å²) in [6.07, 6.45) is -3.77. The van der Waals surface area contributed by atoms with Gasteiger partial charge < -0.3 is 15.4 Å². The smallest absolute Gasteiger partial charge is 0.406 e. The van der Waals surface area contributed by atoms with Gasteiger partial charge in [-0.25, -0.2) is 0 Å². The number of alkyl halides is 3. The second-order valence-electron chi connectivity index (χ2n) is 4.76. The van der Waals surface area contributed by atoms with Crippen molar-refractivity contribution in [2.24, 2.45) is 5.73 Å². The molecule has 0 unspecified atom stereocenters. The molecule has 0 bridgehead atoms. The summed E-state index contributed by atoms with van der Waals surface area (Å²) in [5, 5.41) is 0. The van der Waals surface area contributed by atoms with E-state index < -0.39 is 6.36 Å². The van der Waals surface area contributed by atoms with Crippen LogP contribution in [0.15, 0.2) is 24.3 Å². The number of nitrogens with zero attached hydrogens (tertiary/aromatic N) is 1. The quantitative estimate of drug-likeness (QED) is 0.921. The molecule has 1 amide bonds. The fourth-order valence-corrected chi connectivity index (χ4v) is 2.11. The van der Waals surface area contributed by atoms with Gasteiger partial charge in [-0.3, -0.25) is 4.79 Å². The molecule has 1 fully saturated rings. The summed E-state index contributed by atoms with van der Waals surface area (Å²) in [6.45, 7) is 1.17. The Kier molecular flexibility index (Phi) is 4.17. The Morgan fingerprint density at radius 1 is 1.35 bits per heavy atom. The van der Waals surface area contributed by atoms with Gasteiger partial charge >= 0.3 is 6.36 Å². The SMILES string of the molecule is N[C@H]1CCN(C(=O)Cc2ccc(OC(F)(F)F)cc2)C1. The van der Waals surface area contributed by atoms with Gasteiger partial charge in [0.2, 0.25) is 5.91 Å². The average molecular weight is 288 g/mol. The molecular weight excluding hydrogens is 273 g/mol. The maximum Gasteiger partial charge on any atom is 0.573 e. The van der Waals surface area contributed by atoms with Crippen LogP contribution < -0.4 is 10.5 Å². The van der Waals surface area contributed by atoms with E-state index in [2.05, 4.69) is 4.74 Å². The number of carbonyl (C=O) groups excluding carboxylic acids is 1.